The number of hydrogen-bond acceptors (Lipinski definition) is 6. The number of thiophene rings is 1. The second kappa shape index (κ2) is 7.99. The Labute approximate surface area is 180 Å². The molecular weight excluding hydrogens is 431 g/mol. The molecule has 0 saturated carbocycles. The maximum absolute atomic E-state index is 14.3. The maximum Gasteiger partial charge on any atom is 0.442 e. The number of halogens is 3. The van der Waals surface area contributed by atoms with Gasteiger partial charge in [0.1, 0.15) is 10.8 Å². The number of amidine groups is 1. The monoisotopic (exact) mass is 451 g/mol. The molecule has 1 aromatic heterocycles. The predicted octanol–water partition coefficient (Wildman–Crippen LogP) is 4.05. The number of ether oxygens (including phenoxy) is 1. The van der Waals surface area contributed by atoms with Gasteiger partial charge in [-0.2, -0.15) is 13.2 Å². The van der Waals surface area contributed by atoms with Crippen LogP contribution in [0.4, 0.5) is 18.2 Å². The smallest absolute Gasteiger partial charge is 0.442 e. The Morgan fingerprint density at radius 2 is 1.90 bits per heavy atom. The van der Waals surface area contributed by atoms with Crippen LogP contribution in [0.1, 0.15) is 45.6 Å². The molecule has 10 heteroatoms. The van der Waals surface area contributed by atoms with Crippen molar-refractivity contribution >= 4 is 34.0 Å². The van der Waals surface area contributed by atoms with Gasteiger partial charge >= 0.3 is 17.8 Å². The highest BCUT2D eigenvalue weighted by Gasteiger charge is 2.64. The van der Waals surface area contributed by atoms with Gasteiger partial charge in [0, 0.05) is 10.4 Å². The lowest BCUT2D eigenvalue weighted by Gasteiger charge is -2.27. The normalized spacial score (nSPS) is 21.0. The summed E-state index contributed by atoms with van der Waals surface area (Å²) in [4.78, 5) is 29.8. The molecule has 2 aliphatic rings. The third-order valence-electron chi connectivity index (χ3n) is 5.40. The van der Waals surface area contributed by atoms with Gasteiger partial charge in [-0.3, -0.25) is 4.79 Å². The number of nitrogens with zero attached hydrogens (tertiary/aromatic N) is 1. The SMILES string of the molecule is COC(=O)c1c(N[C@]2(C(F)(F)F)N=C(c3ccccc3)NC2=O)sc2c1CCCCC2. The molecule has 0 unspecified atom stereocenters. The van der Waals surface area contributed by atoms with Gasteiger partial charge in [0.15, 0.2) is 0 Å². The van der Waals surface area contributed by atoms with Crippen molar-refractivity contribution in [3.63, 3.8) is 0 Å². The Balaban J connectivity index is 1.83. The van der Waals surface area contributed by atoms with Crippen LogP contribution in [-0.2, 0) is 22.4 Å². The highest BCUT2D eigenvalue weighted by Crippen LogP contribution is 2.44. The number of hydrogen-bond donors (Lipinski definition) is 2. The van der Waals surface area contributed by atoms with Gasteiger partial charge < -0.3 is 15.4 Å². The molecule has 0 bridgehead atoms. The molecule has 0 spiro atoms. The lowest BCUT2D eigenvalue weighted by Crippen LogP contribution is -2.57. The van der Waals surface area contributed by atoms with E-state index in [4.69, 9.17) is 4.74 Å². The van der Waals surface area contributed by atoms with Gasteiger partial charge in [-0.1, -0.05) is 36.8 Å². The van der Waals surface area contributed by atoms with E-state index < -0.39 is 23.7 Å². The Kier molecular flexibility index (Phi) is 5.50. The van der Waals surface area contributed by atoms with Crippen molar-refractivity contribution in [3.8, 4) is 0 Å². The van der Waals surface area contributed by atoms with Crippen LogP contribution in [0.15, 0.2) is 35.3 Å². The molecule has 164 valence electrons. The highest BCUT2D eigenvalue weighted by molar-refractivity contribution is 7.16. The summed E-state index contributed by atoms with van der Waals surface area (Å²) in [6, 6.07) is 8.09. The van der Waals surface area contributed by atoms with Crippen molar-refractivity contribution in [1.82, 2.24) is 5.32 Å². The minimum absolute atomic E-state index is 0.0516. The molecule has 2 N–H and O–H groups in total. The predicted molar refractivity (Wildman–Crippen MR) is 110 cm³/mol. The average Bonchev–Trinajstić information content (AvgIpc) is 3.16. The van der Waals surface area contributed by atoms with Crippen molar-refractivity contribution in [2.45, 2.75) is 43.9 Å². The zero-order valence-corrected chi connectivity index (χ0v) is 17.5. The first-order valence-corrected chi connectivity index (χ1v) is 10.6. The molecule has 1 atom stereocenters. The second-order valence-corrected chi connectivity index (χ2v) is 8.48. The molecule has 4 rings (SSSR count). The fraction of sp³-hybridized carbons (Fsp3) is 0.381. The largest absolute Gasteiger partial charge is 0.465 e. The van der Waals surface area contributed by atoms with Crippen LogP contribution >= 0.6 is 11.3 Å². The van der Waals surface area contributed by atoms with E-state index in [2.05, 4.69) is 15.6 Å². The first-order valence-electron chi connectivity index (χ1n) is 9.81. The summed E-state index contributed by atoms with van der Waals surface area (Å²) in [5.74, 6) is -2.27. The Bertz CT molecular complexity index is 1050. The number of carbonyl (C=O) groups excluding carboxylic acids is 2. The lowest BCUT2D eigenvalue weighted by molar-refractivity contribution is -0.181. The lowest BCUT2D eigenvalue weighted by atomic mass is 10.0. The summed E-state index contributed by atoms with van der Waals surface area (Å²) in [7, 11) is 1.18. The van der Waals surface area contributed by atoms with E-state index in [9.17, 15) is 22.8 Å². The van der Waals surface area contributed by atoms with Gasteiger partial charge in [0.05, 0.1) is 12.7 Å². The van der Waals surface area contributed by atoms with E-state index in [1.165, 1.54) is 7.11 Å². The quantitative estimate of drug-likeness (QED) is 0.543. The number of aryl methyl sites for hydroxylation is 1. The van der Waals surface area contributed by atoms with Crippen molar-refractivity contribution in [2.75, 3.05) is 12.4 Å². The molecule has 6 nitrogen and oxygen atoms in total. The second-order valence-electron chi connectivity index (χ2n) is 7.37. The van der Waals surface area contributed by atoms with E-state index in [0.717, 1.165) is 35.5 Å². The van der Waals surface area contributed by atoms with Crippen molar-refractivity contribution in [1.29, 1.82) is 0 Å². The Hall–Kier alpha value is -2.88. The van der Waals surface area contributed by atoms with E-state index in [1.807, 2.05) is 0 Å². The number of rotatable bonds is 4. The van der Waals surface area contributed by atoms with Crippen LogP contribution in [-0.4, -0.2) is 36.7 Å². The van der Waals surface area contributed by atoms with Crippen LogP contribution in [0, 0.1) is 0 Å². The van der Waals surface area contributed by atoms with Gasteiger partial charge in [0.2, 0.25) is 0 Å². The molecule has 1 aliphatic heterocycles. The minimum atomic E-state index is -5.05. The van der Waals surface area contributed by atoms with Gasteiger partial charge in [0.25, 0.3) is 5.91 Å². The zero-order valence-electron chi connectivity index (χ0n) is 16.6. The third kappa shape index (κ3) is 3.69. The molecule has 1 amide bonds. The molecule has 1 aliphatic carbocycles. The molecule has 1 aromatic carbocycles. The summed E-state index contributed by atoms with van der Waals surface area (Å²) >= 11 is 1.06. The number of benzene rings is 1. The number of anilines is 1. The number of alkyl halides is 3. The van der Waals surface area contributed by atoms with Crippen LogP contribution in [0.25, 0.3) is 0 Å². The summed E-state index contributed by atoms with van der Waals surface area (Å²) in [5.41, 5.74) is -2.15. The van der Waals surface area contributed by atoms with Gasteiger partial charge in [-0.15, -0.1) is 11.3 Å². The molecule has 0 radical (unpaired) electrons. The van der Waals surface area contributed by atoms with Crippen LogP contribution in [0.3, 0.4) is 0 Å². The number of nitrogens with one attached hydrogen (secondary N) is 2. The summed E-state index contributed by atoms with van der Waals surface area (Å²) in [5, 5.41) is 4.49. The van der Waals surface area contributed by atoms with Crippen LogP contribution in [0.2, 0.25) is 0 Å². The molecular formula is C21H20F3N3O3S. The van der Waals surface area contributed by atoms with Crippen molar-refractivity contribution < 1.29 is 27.5 Å². The Morgan fingerprint density at radius 1 is 1.19 bits per heavy atom. The number of esters is 1. The molecule has 2 aromatic rings. The number of amides is 1. The highest BCUT2D eigenvalue weighted by atomic mass is 32.1. The molecule has 0 fully saturated rings. The first kappa shape index (κ1) is 21.4. The van der Waals surface area contributed by atoms with E-state index in [0.29, 0.717) is 24.0 Å². The van der Waals surface area contributed by atoms with Gasteiger partial charge in [-0.05, 0) is 31.2 Å². The average molecular weight is 451 g/mol. The number of carbonyl (C=O) groups is 2. The topological polar surface area (TPSA) is 79.8 Å². The minimum Gasteiger partial charge on any atom is -0.465 e. The number of fused-ring (bicyclic) bond motifs is 1. The summed E-state index contributed by atoms with van der Waals surface area (Å²) in [6.45, 7) is 0. The summed E-state index contributed by atoms with van der Waals surface area (Å²) < 4.78 is 47.6. The van der Waals surface area contributed by atoms with E-state index in [1.54, 1.807) is 30.3 Å². The first-order chi connectivity index (χ1) is 14.8. The van der Waals surface area contributed by atoms with Crippen LogP contribution in [0.5, 0.6) is 0 Å². The zero-order chi connectivity index (χ0) is 22.2. The molecule has 2 heterocycles. The molecule has 0 saturated heterocycles. The number of aliphatic imine (C=N–C) groups is 1. The fourth-order valence-corrected chi connectivity index (χ4v) is 5.17. The fourth-order valence-electron chi connectivity index (χ4n) is 3.84. The van der Waals surface area contributed by atoms with Crippen molar-refractivity contribution in [3.05, 3.63) is 51.9 Å². The van der Waals surface area contributed by atoms with Crippen LogP contribution < -0.4 is 10.6 Å². The maximum atomic E-state index is 14.3. The van der Waals surface area contributed by atoms with Crippen molar-refractivity contribution in [2.24, 2.45) is 4.99 Å². The van der Waals surface area contributed by atoms with E-state index >= 15 is 0 Å². The Morgan fingerprint density at radius 3 is 2.58 bits per heavy atom. The van der Waals surface area contributed by atoms with E-state index in [-0.39, 0.29) is 16.4 Å². The van der Waals surface area contributed by atoms with Gasteiger partial charge in [-0.25, -0.2) is 9.79 Å². The molecule has 31 heavy (non-hydrogen) atoms. The standard InChI is InChI=1S/C21H20F3N3O3S/c1-30-18(28)15-13-10-6-3-7-11-14(13)31-17(15)27-20(21(22,23)24)19(29)25-16(26-20)12-8-4-2-5-9-12/h2,4-5,8-9,27H,3,6-7,10-11H2,1H3,(H,25,26,29)/t20-/m1/s1. The summed E-state index contributed by atoms with van der Waals surface area (Å²) in [6.07, 6.45) is -1.13. The number of methoxy groups -OCH3 is 1. The third-order valence-corrected chi connectivity index (χ3v) is 6.61.